The summed E-state index contributed by atoms with van der Waals surface area (Å²) in [4.78, 5) is 22.0. The molecule has 2 N–H and O–H groups in total. The number of fused-ring (bicyclic) bond motifs is 1. The zero-order valence-corrected chi connectivity index (χ0v) is 8.35. The predicted octanol–water partition coefficient (Wildman–Crippen LogP) is 2.03. The second kappa shape index (κ2) is 4.01. The van der Waals surface area contributed by atoms with Crippen LogP contribution in [-0.2, 0) is 6.16 Å². The SMILES string of the molecule is OP(O)Cc1ccc2ccccc2n1. The molecule has 1 heterocycles. The van der Waals surface area contributed by atoms with Gasteiger partial charge >= 0.3 is 0 Å². The zero-order chi connectivity index (χ0) is 9.97. The summed E-state index contributed by atoms with van der Waals surface area (Å²) in [6.07, 6.45) is 0.236. The lowest BCUT2D eigenvalue weighted by Gasteiger charge is -2.03. The van der Waals surface area contributed by atoms with E-state index in [0.717, 1.165) is 16.6 Å². The third-order valence-corrected chi connectivity index (χ3v) is 2.57. The lowest BCUT2D eigenvalue weighted by Crippen LogP contribution is -1.88. The first-order valence-corrected chi connectivity index (χ1v) is 5.69. The van der Waals surface area contributed by atoms with Crippen molar-refractivity contribution in [3.8, 4) is 0 Å². The van der Waals surface area contributed by atoms with Gasteiger partial charge in [0.25, 0.3) is 0 Å². The second-order valence-electron chi connectivity index (χ2n) is 3.03. The number of rotatable bonds is 2. The Bertz CT molecular complexity index is 445. The van der Waals surface area contributed by atoms with Crippen LogP contribution >= 0.6 is 8.38 Å². The molecule has 0 fully saturated rings. The van der Waals surface area contributed by atoms with Crippen LogP contribution in [-0.4, -0.2) is 14.8 Å². The van der Waals surface area contributed by atoms with Crippen molar-refractivity contribution in [2.24, 2.45) is 0 Å². The summed E-state index contributed by atoms with van der Waals surface area (Å²) in [7, 11) is -1.89. The van der Waals surface area contributed by atoms with Crippen LogP contribution in [0.5, 0.6) is 0 Å². The molecule has 0 aliphatic heterocycles. The van der Waals surface area contributed by atoms with E-state index in [-0.39, 0.29) is 6.16 Å². The Hall–Kier alpha value is -1.02. The van der Waals surface area contributed by atoms with E-state index in [0.29, 0.717) is 0 Å². The zero-order valence-electron chi connectivity index (χ0n) is 7.46. The summed E-state index contributed by atoms with van der Waals surface area (Å²) in [5.74, 6) is 0. The summed E-state index contributed by atoms with van der Waals surface area (Å²) < 4.78 is 0. The fourth-order valence-corrected chi connectivity index (χ4v) is 1.81. The molecular weight excluding hydrogens is 197 g/mol. The largest absolute Gasteiger partial charge is 0.350 e. The number of para-hydroxylation sites is 1. The first kappa shape index (κ1) is 9.53. The van der Waals surface area contributed by atoms with Crippen molar-refractivity contribution in [3.05, 3.63) is 42.1 Å². The first-order chi connectivity index (χ1) is 6.75. The lowest BCUT2D eigenvalue weighted by molar-refractivity contribution is 0.481. The van der Waals surface area contributed by atoms with Gasteiger partial charge in [0.2, 0.25) is 0 Å². The molecule has 4 heteroatoms. The molecule has 0 saturated heterocycles. The monoisotopic (exact) mass is 207 g/mol. The van der Waals surface area contributed by atoms with Crippen LogP contribution in [0.1, 0.15) is 5.69 Å². The smallest absolute Gasteiger partial charge is 0.171 e. The van der Waals surface area contributed by atoms with Crippen LogP contribution in [0, 0.1) is 0 Å². The van der Waals surface area contributed by atoms with Crippen LogP contribution in [0.15, 0.2) is 36.4 Å². The fraction of sp³-hybridized carbons (Fsp3) is 0.100. The summed E-state index contributed by atoms with van der Waals surface area (Å²) >= 11 is 0. The highest BCUT2D eigenvalue weighted by Gasteiger charge is 2.03. The summed E-state index contributed by atoms with van der Waals surface area (Å²) in [5, 5.41) is 1.07. The maximum Gasteiger partial charge on any atom is 0.171 e. The molecule has 0 bridgehead atoms. The minimum absolute atomic E-state index is 0.236. The van der Waals surface area contributed by atoms with E-state index in [2.05, 4.69) is 4.98 Å². The van der Waals surface area contributed by atoms with Crippen LogP contribution in [0.3, 0.4) is 0 Å². The van der Waals surface area contributed by atoms with Crippen molar-refractivity contribution in [1.82, 2.24) is 4.98 Å². The molecule has 0 radical (unpaired) electrons. The predicted molar refractivity (Wildman–Crippen MR) is 56.8 cm³/mol. The maximum atomic E-state index is 8.86. The Morgan fingerprint density at radius 3 is 2.64 bits per heavy atom. The fourth-order valence-electron chi connectivity index (χ4n) is 1.34. The van der Waals surface area contributed by atoms with Crippen molar-refractivity contribution < 1.29 is 9.79 Å². The Morgan fingerprint density at radius 2 is 1.86 bits per heavy atom. The van der Waals surface area contributed by atoms with E-state index < -0.39 is 8.38 Å². The molecule has 2 aromatic rings. The molecule has 0 atom stereocenters. The normalized spacial score (nSPS) is 11.1. The van der Waals surface area contributed by atoms with Gasteiger partial charge in [-0.3, -0.25) is 4.98 Å². The second-order valence-corrected chi connectivity index (χ2v) is 4.09. The molecule has 72 valence electrons. The maximum absolute atomic E-state index is 8.86. The van der Waals surface area contributed by atoms with Gasteiger partial charge in [0.1, 0.15) is 0 Å². The molecule has 0 amide bonds. The van der Waals surface area contributed by atoms with E-state index in [4.69, 9.17) is 9.79 Å². The topological polar surface area (TPSA) is 53.4 Å². The lowest BCUT2D eigenvalue weighted by atomic mass is 10.2. The Balaban J connectivity index is 2.41. The summed E-state index contributed by atoms with van der Waals surface area (Å²) in [6.45, 7) is 0. The molecule has 0 aliphatic rings. The van der Waals surface area contributed by atoms with Gasteiger partial charge in [-0.15, -0.1) is 0 Å². The van der Waals surface area contributed by atoms with Gasteiger partial charge in [0, 0.05) is 11.1 Å². The molecule has 0 unspecified atom stereocenters. The number of hydrogen-bond acceptors (Lipinski definition) is 3. The molecule has 2 rings (SSSR count). The number of aromatic nitrogens is 1. The minimum Gasteiger partial charge on any atom is -0.350 e. The molecule has 0 spiro atoms. The van der Waals surface area contributed by atoms with Gasteiger partial charge in [-0.1, -0.05) is 24.3 Å². The number of benzene rings is 1. The number of hydrogen-bond donors (Lipinski definition) is 2. The van der Waals surface area contributed by atoms with Gasteiger partial charge < -0.3 is 9.79 Å². The van der Waals surface area contributed by atoms with Crippen LogP contribution < -0.4 is 0 Å². The minimum atomic E-state index is -1.89. The van der Waals surface area contributed by atoms with Gasteiger partial charge in [-0.25, -0.2) is 0 Å². The van der Waals surface area contributed by atoms with Crippen LogP contribution in [0.2, 0.25) is 0 Å². The summed E-state index contributed by atoms with van der Waals surface area (Å²) in [5.41, 5.74) is 1.61. The van der Waals surface area contributed by atoms with Crippen LogP contribution in [0.4, 0.5) is 0 Å². The Labute approximate surface area is 83.0 Å². The van der Waals surface area contributed by atoms with Gasteiger partial charge in [0.05, 0.1) is 11.7 Å². The van der Waals surface area contributed by atoms with Gasteiger partial charge in [0.15, 0.2) is 8.38 Å². The number of nitrogens with zero attached hydrogens (tertiary/aromatic N) is 1. The highest BCUT2D eigenvalue weighted by molar-refractivity contribution is 7.44. The average Bonchev–Trinajstić information content (AvgIpc) is 2.17. The third-order valence-electron chi connectivity index (χ3n) is 1.96. The molecular formula is C10H10NO2P. The molecule has 0 aliphatic carbocycles. The average molecular weight is 207 g/mol. The Kier molecular flexibility index (Phi) is 2.73. The van der Waals surface area contributed by atoms with E-state index in [1.807, 2.05) is 36.4 Å². The van der Waals surface area contributed by atoms with Crippen molar-refractivity contribution in [1.29, 1.82) is 0 Å². The van der Waals surface area contributed by atoms with E-state index >= 15 is 0 Å². The molecule has 1 aromatic heterocycles. The highest BCUT2D eigenvalue weighted by Crippen LogP contribution is 2.28. The Morgan fingerprint density at radius 1 is 1.07 bits per heavy atom. The van der Waals surface area contributed by atoms with Crippen molar-refractivity contribution in [2.75, 3.05) is 0 Å². The quantitative estimate of drug-likeness (QED) is 0.741. The van der Waals surface area contributed by atoms with Crippen molar-refractivity contribution >= 4 is 19.3 Å². The highest BCUT2D eigenvalue weighted by atomic mass is 31.2. The van der Waals surface area contributed by atoms with Gasteiger partial charge in [-0.2, -0.15) is 0 Å². The first-order valence-electron chi connectivity index (χ1n) is 4.26. The molecule has 14 heavy (non-hydrogen) atoms. The van der Waals surface area contributed by atoms with Gasteiger partial charge in [-0.05, 0) is 12.1 Å². The van der Waals surface area contributed by atoms with Crippen LogP contribution in [0.25, 0.3) is 10.9 Å². The molecule has 1 aromatic carbocycles. The number of pyridine rings is 1. The van der Waals surface area contributed by atoms with Crippen molar-refractivity contribution in [2.45, 2.75) is 6.16 Å². The third kappa shape index (κ3) is 2.07. The van der Waals surface area contributed by atoms with Crippen molar-refractivity contribution in [3.63, 3.8) is 0 Å². The van der Waals surface area contributed by atoms with E-state index in [1.165, 1.54) is 0 Å². The molecule has 3 nitrogen and oxygen atoms in total. The van der Waals surface area contributed by atoms with E-state index in [9.17, 15) is 0 Å². The standard InChI is InChI=1S/C10H10NO2P/c12-14(13)7-9-6-5-8-3-1-2-4-10(8)11-9/h1-6,12-13H,7H2. The molecule has 0 saturated carbocycles. The van der Waals surface area contributed by atoms with E-state index in [1.54, 1.807) is 0 Å². The summed E-state index contributed by atoms with van der Waals surface area (Å²) in [6, 6.07) is 11.5.